The molecule has 0 spiro atoms. The first-order valence-corrected chi connectivity index (χ1v) is 6.43. The van der Waals surface area contributed by atoms with Crippen LogP contribution >= 0.6 is 0 Å². The Bertz CT molecular complexity index is 789. The highest BCUT2D eigenvalue weighted by Crippen LogP contribution is 2.05. The minimum atomic E-state index is -0.560. The maximum Gasteiger partial charge on any atom is 0.253 e. The number of carbonyl (C=O) groups is 1. The van der Waals surface area contributed by atoms with Crippen LogP contribution in [0.15, 0.2) is 49.2 Å². The second-order valence-corrected chi connectivity index (χ2v) is 4.44. The average molecular weight is 298 g/mol. The summed E-state index contributed by atoms with van der Waals surface area (Å²) in [6.07, 6.45) is 7.33. The molecule has 3 aromatic heterocycles. The molecule has 22 heavy (non-hydrogen) atoms. The molecule has 8 heteroatoms. The molecule has 0 saturated heterocycles. The molecule has 3 heterocycles. The van der Waals surface area contributed by atoms with Gasteiger partial charge >= 0.3 is 0 Å². The Labute approximate surface area is 124 Å². The molecule has 0 aliphatic heterocycles. The Balaban J connectivity index is 1.65. The van der Waals surface area contributed by atoms with E-state index in [9.17, 15) is 9.18 Å². The van der Waals surface area contributed by atoms with Gasteiger partial charge in [-0.15, -0.1) is 5.10 Å². The van der Waals surface area contributed by atoms with Gasteiger partial charge in [0.1, 0.15) is 11.5 Å². The van der Waals surface area contributed by atoms with E-state index in [-0.39, 0.29) is 12.1 Å². The third kappa shape index (κ3) is 3.11. The quantitative estimate of drug-likeness (QED) is 0.780. The van der Waals surface area contributed by atoms with Crippen LogP contribution in [0.25, 0.3) is 5.69 Å². The van der Waals surface area contributed by atoms with Crippen LogP contribution in [-0.4, -0.2) is 30.9 Å². The van der Waals surface area contributed by atoms with Crippen molar-refractivity contribution < 1.29 is 9.18 Å². The monoisotopic (exact) mass is 298 g/mol. The number of nitrogens with one attached hydrogen (secondary N) is 1. The molecule has 110 valence electrons. The Morgan fingerprint density at radius 2 is 2.18 bits per heavy atom. The smallest absolute Gasteiger partial charge is 0.253 e. The average Bonchev–Trinajstić information content (AvgIpc) is 3.02. The maximum absolute atomic E-state index is 13.0. The van der Waals surface area contributed by atoms with E-state index in [4.69, 9.17) is 0 Å². The number of pyridine rings is 2. The van der Waals surface area contributed by atoms with Crippen LogP contribution in [-0.2, 0) is 6.54 Å². The maximum atomic E-state index is 13.0. The number of amides is 1. The SMILES string of the molecule is O=C(NCc1cn(-c2cccnc2)nn1)c1cncc(F)c1. The van der Waals surface area contributed by atoms with Crippen molar-refractivity contribution in [2.75, 3.05) is 0 Å². The lowest BCUT2D eigenvalue weighted by molar-refractivity contribution is 0.0949. The highest BCUT2D eigenvalue weighted by Gasteiger charge is 2.09. The third-order valence-corrected chi connectivity index (χ3v) is 2.85. The largest absolute Gasteiger partial charge is 0.346 e. The predicted octanol–water partition coefficient (Wildman–Crippen LogP) is 1.13. The summed E-state index contributed by atoms with van der Waals surface area (Å²) in [7, 11) is 0. The number of carbonyl (C=O) groups excluding carboxylic acids is 1. The molecule has 7 nitrogen and oxygen atoms in total. The first kappa shape index (κ1) is 13.8. The fourth-order valence-electron chi connectivity index (χ4n) is 1.80. The summed E-state index contributed by atoms with van der Waals surface area (Å²) in [6, 6.07) is 4.74. The van der Waals surface area contributed by atoms with Gasteiger partial charge in [-0.3, -0.25) is 14.8 Å². The number of halogens is 1. The van der Waals surface area contributed by atoms with E-state index in [0.29, 0.717) is 5.69 Å². The van der Waals surface area contributed by atoms with E-state index in [1.54, 1.807) is 29.3 Å². The van der Waals surface area contributed by atoms with Gasteiger partial charge in [-0.05, 0) is 18.2 Å². The van der Waals surface area contributed by atoms with E-state index < -0.39 is 11.7 Å². The van der Waals surface area contributed by atoms with Gasteiger partial charge in [-0.2, -0.15) is 0 Å². The molecular formula is C14H11FN6O. The van der Waals surface area contributed by atoms with Gasteiger partial charge in [0.25, 0.3) is 5.91 Å². The van der Waals surface area contributed by atoms with Crippen molar-refractivity contribution >= 4 is 5.91 Å². The van der Waals surface area contributed by atoms with Gasteiger partial charge in [-0.1, -0.05) is 5.21 Å². The summed E-state index contributed by atoms with van der Waals surface area (Å²) in [6.45, 7) is 0.176. The minimum Gasteiger partial charge on any atom is -0.346 e. The van der Waals surface area contributed by atoms with Crippen molar-refractivity contribution in [1.82, 2.24) is 30.3 Å². The van der Waals surface area contributed by atoms with E-state index in [0.717, 1.165) is 18.0 Å². The summed E-state index contributed by atoms with van der Waals surface area (Å²) in [5.41, 5.74) is 1.49. The van der Waals surface area contributed by atoms with E-state index in [1.807, 2.05) is 6.07 Å². The van der Waals surface area contributed by atoms with Gasteiger partial charge in [-0.25, -0.2) is 9.07 Å². The van der Waals surface area contributed by atoms with Crippen molar-refractivity contribution in [2.24, 2.45) is 0 Å². The van der Waals surface area contributed by atoms with Crippen LogP contribution in [0.3, 0.4) is 0 Å². The summed E-state index contributed by atoms with van der Waals surface area (Å²) in [5.74, 6) is -0.988. The lowest BCUT2D eigenvalue weighted by Crippen LogP contribution is -2.23. The van der Waals surface area contributed by atoms with E-state index in [2.05, 4.69) is 25.6 Å². The highest BCUT2D eigenvalue weighted by molar-refractivity contribution is 5.93. The van der Waals surface area contributed by atoms with Gasteiger partial charge in [0.15, 0.2) is 0 Å². The van der Waals surface area contributed by atoms with Crippen molar-refractivity contribution in [3.63, 3.8) is 0 Å². The number of aromatic nitrogens is 5. The Morgan fingerprint density at radius 1 is 1.27 bits per heavy atom. The van der Waals surface area contributed by atoms with Crippen LogP contribution in [0, 0.1) is 5.82 Å². The molecular weight excluding hydrogens is 287 g/mol. The van der Waals surface area contributed by atoms with Crippen LogP contribution in [0.4, 0.5) is 4.39 Å². The van der Waals surface area contributed by atoms with Crippen molar-refractivity contribution in [2.45, 2.75) is 6.54 Å². The van der Waals surface area contributed by atoms with Gasteiger partial charge in [0.05, 0.1) is 36.4 Å². The third-order valence-electron chi connectivity index (χ3n) is 2.85. The highest BCUT2D eigenvalue weighted by atomic mass is 19.1. The molecule has 0 aliphatic carbocycles. The zero-order valence-electron chi connectivity index (χ0n) is 11.3. The second-order valence-electron chi connectivity index (χ2n) is 4.44. The molecule has 0 aromatic carbocycles. The molecule has 3 aromatic rings. The number of hydrogen-bond donors (Lipinski definition) is 1. The normalized spacial score (nSPS) is 10.4. The van der Waals surface area contributed by atoms with Crippen molar-refractivity contribution in [3.8, 4) is 5.69 Å². The standard InChI is InChI=1S/C14H11FN6O/c15-11-4-10(5-17-6-11)14(22)18-7-12-9-21(20-19-12)13-2-1-3-16-8-13/h1-6,8-9H,7H2,(H,18,22). The number of rotatable bonds is 4. The van der Waals surface area contributed by atoms with Crippen molar-refractivity contribution in [3.05, 3.63) is 66.3 Å². The topological polar surface area (TPSA) is 85.6 Å². The molecule has 1 amide bonds. The molecule has 3 rings (SSSR count). The lowest BCUT2D eigenvalue weighted by atomic mass is 10.2. The zero-order valence-corrected chi connectivity index (χ0v) is 11.3. The fraction of sp³-hybridized carbons (Fsp3) is 0.0714. The van der Waals surface area contributed by atoms with Crippen LogP contribution < -0.4 is 5.32 Å². The van der Waals surface area contributed by atoms with Crippen LogP contribution in [0.5, 0.6) is 0 Å². The first-order valence-electron chi connectivity index (χ1n) is 6.43. The number of hydrogen-bond acceptors (Lipinski definition) is 5. The van der Waals surface area contributed by atoms with E-state index >= 15 is 0 Å². The van der Waals surface area contributed by atoms with Crippen molar-refractivity contribution in [1.29, 1.82) is 0 Å². The summed E-state index contributed by atoms with van der Waals surface area (Å²) >= 11 is 0. The Hall–Kier alpha value is -3.16. The first-order chi connectivity index (χ1) is 10.7. The molecule has 0 bridgehead atoms. The summed E-state index contributed by atoms with van der Waals surface area (Å²) in [5, 5.41) is 10.5. The lowest BCUT2D eigenvalue weighted by Gasteiger charge is -2.02. The van der Waals surface area contributed by atoms with Crippen LogP contribution in [0.1, 0.15) is 16.1 Å². The molecule has 0 unspecified atom stereocenters. The molecule has 0 radical (unpaired) electrons. The second kappa shape index (κ2) is 6.08. The predicted molar refractivity (Wildman–Crippen MR) is 74.5 cm³/mol. The Kier molecular flexibility index (Phi) is 3.82. The Morgan fingerprint density at radius 3 is 2.95 bits per heavy atom. The molecule has 0 saturated carbocycles. The molecule has 1 N–H and O–H groups in total. The summed E-state index contributed by atoms with van der Waals surface area (Å²) < 4.78 is 14.6. The van der Waals surface area contributed by atoms with Crippen LogP contribution in [0.2, 0.25) is 0 Å². The molecule has 0 fully saturated rings. The molecule has 0 atom stereocenters. The van der Waals surface area contributed by atoms with Gasteiger partial charge in [0, 0.05) is 12.4 Å². The van der Waals surface area contributed by atoms with E-state index in [1.165, 1.54) is 6.20 Å². The van der Waals surface area contributed by atoms with Gasteiger partial charge < -0.3 is 5.32 Å². The number of nitrogens with zero attached hydrogens (tertiary/aromatic N) is 5. The minimum absolute atomic E-state index is 0.152. The summed E-state index contributed by atoms with van der Waals surface area (Å²) in [4.78, 5) is 19.5. The zero-order chi connectivity index (χ0) is 15.4. The molecule has 0 aliphatic rings. The van der Waals surface area contributed by atoms with Gasteiger partial charge in [0.2, 0.25) is 0 Å². The fourth-order valence-corrected chi connectivity index (χ4v) is 1.80.